The number of rotatable bonds is 9. The van der Waals surface area contributed by atoms with Crippen LogP contribution in [0, 0.1) is 10.1 Å². The summed E-state index contributed by atoms with van der Waals surface area (Å²) in [7, 11) is 8.81. The molecule has 0 aliphatic carbocycles. The van der Waals surface area contributed by atoms with Gasteiger partial charge in [-0.2, -0.15) is 0 Å². The molecule has 1 N–H and O–H groups in total. The molecule has 2 aromatic heterocycles. The summed E-state index contributed by atoms with van der Waals surface area (Å²) in [5.74, 6) is 0.493. The van der Waals surface area contributed by atoms with Gasteiger partial charge in [0.05, 0.1) is 28.9 Å². The number of nitrogens with zero attached hydrogens (tertiary/aromatic N) is 6. The van der Waals surface area contributed by atoms with Crippen molar-refractivity contribution < 1.29 is 15.1 Å². The molecule has 0 aliphatic heterocycles. The number of nitro groups is 1. The van der Waals surface area contributed by atoms with Crippen molar-refractivity contribution >= 4 is 33.9 Å². The average Bonchev–Trinajstić information content (AvgIpc) is 3.26. The predicted molar refractivity (Wildman–Crippen MR) is 139 cm³/mol. The Morgan fingerprint density at radius 1 is 1.23 bits per heavy atom. The van der Waals surface area contributed by atoms with Crippen LogP contribution < -0.4 is 15.0 Å². The Hall–Kier alpha value is -4.18. The van der Waals surface area contributed by atoms with Gasteiger partial charge in [0.25, 0.3) is 5.69 Å². The lowest BCUT2D eigenvalue weighted by Crippen LogP contribution is -2.28. The molecule has 0 spiro atoms. The molecule has 2 heterocycles. The molecule has 0 saturated carbocycles. The molecule has 4 aromatic rings. The van der Waals surface area contributed by atoms with Gasteiger partial charge in [-0.05, 0) is 26.2 Å². The Balaban J connectivity index is 1.76. The minimum Gasteiger partial charge on any atom is -0.494 e. The van der Waals surface area contributed by atoms with E-state index in [4.69, 9.17) is 10.2 Å². The lowest BCUT2D eigenvalue weighted by Gasteiger charge is -2.22. The molecular formula is C25H29N7O3. The number of methoxy groups -OCH3 is 1. The van der Waals surface area contributed by atoms with E-state index in [2.05, 4.69) is 15.3 Å². The van der Waals surface area contributed by atoms with Crippen LogP contribution in [0.4, 0.5) is 23.0 Å². The lowest BCUT2D eigenvalue weighted by molar-refractivity contribution is -0.384. The minimum atomic E-state index is -0.452. The summed E-state index contributed by atoms with van der Waals surface area (Å²) in [5.41, 5.74) is 1.86. The molecule has 10 nitrogen and oxygen atoms in total. The Morgan fingerprint density at radius 3 is 2.71 bits per heavy atom. The zero-order valence-corrected chi connectivity index (χ0v) is 20.2. The molecule has 0 amide bonds. The quantitative estimate of drug-likeness (QED) is 0.280. The third-order valence-electron chi connectivity index (χ3n) is 5.58. The zero-order valence-electron chi connectivity index (χ0n) is 24.2. The molecule has 10 heteroatoms. The summed E-state index contributed by atoms with van der Waals surface area (Å²) in [6.45, 7) is 1.27. The molecule has 0 atom stereocenters. The van der Waals surface area contributed by atoms with Gasteiger partial charge in [0.15, 0.2) is 0 Å². The standard InChI is InChI=1S/C25H29N7O3/c1-29(2)12-13-30(3)22-15-24(35-5)20(14-23(22)32(33)34)28-25-26-11-10-19(27-25)18-16-31(4)21-9-7-6-8-17(18)21/h6-11,14-16H,12-13H2,1-5H3,(H,26,27,28)/i6D,7D,8D,9D. The number of hydrogen-bond donors (Lipinski definition) is 1. The van der Waals surface area contributed by atoms with Crippen LogP contribution in [-0.4, -0.2) is 65.7 Å². The molecule has 0 fully saturated rings. The van der Waals surface area contributed by atoms with Gasteiger partial charge in [0.1, 0.15) is 11.4 Å². The second kappa shape index (κ2) is 9.98. The predicted octanol–water partition coefficient (Wildman–Crippen LogP) is 4.29. The zero-order chi connectivity index (χ0) is 28.6. The van der Waals surface area contributed by atoms with E-state index in [1.807, 2.05) is 19.0 Å². The first-order chi connectivity index (χ1) is 18.4. The van der Waals surface area contributed by atoms with Crippen LogP contribution in [0.5, 0.6) is 5.75 Å². The summed E-state index contributed by atoms with van der Waals surface area (Å²) in [6.07, 6.45) is 3.19. The first-order valence-corrected chi connectivity index (χ1v) is 10.8. The van der Waals surface area contributed by atoms with E-state index < -0.39 is 4.92 Å². The van der Waals surface area contributed by atoms with Crippen LogP contribution in [0.2, 0.25) is 0 Å². The first-order valence-electron chi connectivity index (χ1n) is 12.8. The molecule has 0 bridgehead atoms. The van der Waals surface area contributed by atoms with Crippen molar-refractivity contribution in [3.63, 3.8) is 0 Å². The molecule has 2 aromatic carbocycles. The van der Waals surface area contributed by atoms with Crippen LogP contribution in [0.25, 0.3) is 22.2 Å². The van der Waals surface area contributed by atoms with Crippen molar-refractivity contribution in [2.45, 2.75) is 0 Å². The van der Waals surface area contributed by atoms with Gasteiger partial charge < -0.3 is 24.4 Å². The third-order valence-corrected chi connectivity index (χ3v) is 5.58. The number of aromatic nitrogens is 3. The molecule has 0 unspecified atom stereocenters. The summed E-state index contributed by atoms with van der Waals surface area (Å²) < 4.78 is 40.0. The van der Waals surface area contributed by atoms with Crippen molar-refractivity contribution in [3.8, 4) is 17.0 Å². The molecule has 0 radical (unpaired) electrons. The molecule has 0 saturated heterocycles. The highest BCUT2D eigenvalue weighted by Gasteiger charge is 2.22. The van der Waals surface area contributed by atoms with Gasteiger partial charge in [-0.1, -0.05) is 18.1 Å². The first kappa shape index (κ1) is 19.2. The van der Waals surface area contributed by atoms with Crippen molar-refractivity contribution in [2.75, 3.05) is 51.6 Å². The summed E-state index contributed by atoms with van der Waals surface area (Å²) in [6, 6.07) is 3.66. The summed E-state index contributed by atoms with van der Waals surface area (Å²) in [5, 5.41) is 15.3. The normalized spacial score (nSPS) is 12.7. The van der Waals surface area contributed by atoms with Crippen molar-refractivity contribution in [1.82, 2.24) is 19.4 Å². The highest BCUT2D eigenvalue weighted by molar-refractivity contribution is 5.95. The maximum atomic E-state index is 11.9. The third kappa shape index (κ3) is 5.02. The maximum absolute atomic E-state index is 11.9. The van der Waals surface area contributed by atoms with Crippen LogP contribution >= 0.6 is 0 Å². The fourth-order valence-corrected chi connectivity index (χ4v) is 3.72. The van der Waals surface area contributed by atoms with E-state index >= 15 is 0 Å². The number of likely N-dealkylation sites (N-methyl/N-ethyl adjacent to an activating group) is 2. The average molecular weight is 480 g/mol. The number of nitrogens with one attached hydrogen (secondary N) is 1. The van der Waals surface area contributed by atoms with Crippen molar-refractivity contribution in [2.24, 2.45) is 7.05 Å². The summed E-state index contributed by atoms with van der Waals surface area (Å²) >= 11 is 0. The number of benzene rings is 2. The monoisotopic (exact) mass is 479 g/mol. The van der Waals surface area contributed by atoms with Crippen LogP contribution in [0.3, 0.4) is 0 Å². The minimum absolute atomic E-state index is 0.110. The molecular weight excluding hydrogens is 446 g/mol. The highest BCUT2D eigenvalue weighted by Crippen LogP contribution is 2.39. The Labute approximate surface area is 209 Å². The van der Waals surface area contributed by atoms with E-state index in [1.54, 1.807) is 41.9 Å². The lowest BCUT2D eigenvalue weighted by atomic mass is 10.1. The van der Waals surface area contributed by atoms with Crippen molar-refractivity contribution in [3.05, 3.63) is 64.9 Å². The molecule has 0 aliphatic rings. The number of ether oxygens (including phenoxy) is 1. The number of fused-ring (bicyclic) bond motifs is 1. The molecule has 182 valence electrons. The van der Waals surface area contributed by atoms with Crippen LogP contribution in [-0.2, 0) is 7.05 Å². The Kier molecular flexibility index (Phi) is 5.46. The van der Waals surface area contributed by atoms with E-state index in [-0.39, 0.29) is 35.8 Å². The second-order valence-electron chi connectivity index (χ2n) is 8.29. The van der Waals surface area contributed by atoms with E-state index in [1.165, 1.54) is 19.4 Å². The largest absolute Gasteiger partial charge is 0.494 e. The van der Waals surface area contributed by atoms with E-state index in [0.29, 0.717) is 52.4 Å². The number of nitro benzene ring substituents is 1. The smallest absolute Gasteiger partial charge is 0.294 e. The second-order valence-corrected chi connectivity index (χ2v) is 8.29. The number of hydrogen-bond acceptors (Lipinski definition) is 8. The van der Waals surface area contributed by atoms with Gasteiger partial charge in [0, 0.05) is 68.2 Å². The van der Waals surface area contributed by atoms with Gasteiger partial charge in [-0.3, -0.25) is 10.1 Å². The van der Waals surface area contributed by atoms with Crippen LogP contribution in [0.15, 0.2) is 54.8 Å². The maximum Gasteiger partial charge on any atom is 0.294 e. The highest BCUT2D eigenvalue weighted by atomic mass is 16.6. The van der Waals surface area contributed by atoms with Gasteiger partial charge in [-0.15, -0.1) is 0 Å². The van der Waals surface area contributed by atoms with Crippen molar-refractivity contribution in [1.29, 1.82) is 0 Å². The summed E-state index contributed by atoms with van der Waals surface area (Å²) in [4.78, 5) is 24.1. The fraction of sp³-hybridized carbons (Fsp3) is 0.280. The Morgan fingerprint density at radius 2 is 2.00 bits per heavy atom. The SMILES string of the molecule is [2H]c1c([2H])c([2H])c2c(c(-c3ccnc(Nc4cc([N+](=O)[O-])c(N(C)CCN(C)C)cc4OC)n3)cn2C)c1[2H]. The van der Waals surface area contributed by atoms with Gasteiger partial charge in [0.2, 0.25) is 5.95 Å². The topological polar surface area (TPSA) is 102 Å². The Bertz CT molecular complexity index is 1580. The fourth-order valence-electron chi connectivity index (χ4n) is 3.72. The molecule has 35 heavy (non-hydrogen) atoms. The molecule has 4 rings (SSSR count). The van der Waals surface area contributed by atoms with Crippen LogP contribution in [0.1, 0.15) is 5.48 Å². The van der Waals surface area contributed by atoms with E-state index in [0.717, 1.165) is 0 Å². The number of para-hydroxylation sites is 1. The number of anilines is 3. The van der Waals surface area contributed by atoms with Gasteiger partial charge in [-0.25, -0.2) is 9.97 Å². The van der Waals surface area contributed by atoms with Gasteiger partial charge >= 0.3 is 0 Å². The van der Waals surface area contributed by atoms with E-state index in [9.17, 15) is 10.1 Å². The number of aryl methyl sites for hydroxylation is 1.